The highest BCUT2D eigenvalue weighted by molar-refractivity contribution is 6.35. The largest absolute Gasteiger partial charge is 0.444 e. The van der Waals surface area contributed by atoms with Crippen LogP contribution in [0.25, 0.3) is 0 Å². The van der Waals surface area contributed by atoms with Crippen LogP contribution in [0.2, 0.25) is 5.02 Å². The molecular formula is C33H46ClN5O6. The van der Waals surface area contributed by atoms with E-state index in [4.69, 9.17) is 21.1 Å². The topological polar surface area (TPSA) is 112 Å². The van der Waals surface area contributed by atoms with E-state index >= 15 is 0 Å². The third-order valence-electron chi connectivity index (χ3n) is 10.0. The van der Waals surface area contributed by atoms with Crippen molar-refractivity contribution in [2.75, 3.05) is 37.6 Å². The number of nitrogens with zero attached hydrogens (tertiary/aromatic N) is 4. The van der Waals surface area contributed by atoms with E-state index in [-0.39, 0.29) is 48.6 Å². The molecule has 4 fully saturated rings. The number of piperazine rings is 1. The number of halogens is 1. The molecule has 3 saturated heterocycles. The standard InChI is InChI=1S/C33H46ClN5O6/c1-19-18-37(21-16-23(17-21)44-22-10-12-36(13-11-22)32(43)45-33(3,4)5)14-15-38(19)25-7-6-24-28(29(25)34)20(2)39(31(24)42)26-8-9-27(40)35-30(26)41/h6-7,19-23,26H,8-18H2,1-5H3,(H,35,40,41)/t19-,20-,21?,23?,26?/m1/s1. The Kier molecular flexibility index (Phi) is 8.82. The third-order valence-corrected chi connectivity index (χ3v) is 10.4. The molecule has 5 aliphatic rings. The molecule has 1 aromatic rings. The molecule has 246 valence electrons. The van der Waals surface area contributed by atoms with E-state index in [9.17, 15) is 19.2 Å². The number of benzene rings is 1. The summed E-state index contributed by atoms with van der Waals surface area (Å²) in [7, 11) is 0. The molecule has 3 atom stereocenters. The van der Waals surface area contributed by atoms with Crippen LogP contribution >= 0.6 is 11.6 Å². The number of carbonyl (C=O) groups excluding carboxylic acids is 4. The Morgan fingerprint density at radius 2 is 1.69 bits per heavy atom. The number of hydrogen-bond donors (Lipinski definition) is 1. The van der Waals surface area contributed by atoms with Crippen LogP contribution in [0.5, 0.6) is 0 Å². The van der Waals surface area contributed by atoms with E-state index in [2.05, 4.69) is 22.0 Å². The third kappa shape index (κ3) is 6.40. The Labute approximate surface area is 270 Å². The Morgan fingerprint density at radius 1 is 0.978 bits per heavy atom. The number of piperidine rings is 2. The molecule has 0 aromatic heterocycles. The van der Waals surface area contributed by atoms with Gasteiger partial charge in [-0.2, -0.15) is 0 Å². The molecule has 4 aliphatic heterocycles. The quantitative estimate of drug-likeness (QED) is 0.477. The lowest BCUT2D eigenvalue weighted by molar-refractivity contribution is -0.137. The van der Waals surface area contributed by atoms with Gasteiger partial charge in [-0.15, -0.1) is 0 Å². The fourth-order valence-electron chi connectivity index (χ4n) is 7.61. The van der Waals surface area contributed by atoms with Gasteiger partial charge in [-0.1, -0.05) is 11.6 Å². The van der Waals surface area contributed by atoms with Gasteiger partial charge in [0.1, 0.15) is 11.6 Å². The van der Waals surface area contributed by atoms with Crippen molar-refractivity contribution in [2.45, 2.75) is 115 Å². The lowest BCUT2D eigenvalue weighted by Crippen LogP contribution is -2.59. The zero-order valence-electron chi connectivity index (χ0n) is 27.0. The van der Waals surface area contributed by atoms with Crippen molar-refractivity contribution < 1.29 is 28.7 Å². The summed E-state index contributed by atoms with van der Waals surface area (Å²) in [5.74, 6) is -0.940. The first kappa shape index (κ1) is 32.1. The molecule has 1 N–H and O–H groups in total. The maximum Gasteiger partial charge on any atom is 0.410 e. The molecule has 1 aliphatic carbocycles. The number of anilines is 1. The molecule has 6 rings (SSSR count). The number of amides is 4. The fraction of sp³-hybridized carbons (Fsp3) is 0.697. The van der Waals surface area contributed by atoms with Crippen LogP contribution in [0, 0.1) is 0 Å². The first-order valence-corrected chi connectivity index (χ1v) is 16.8. The molecule has 4 heterocycles. The van der Waals surface area contributed by atoms with Gasteiger partial charge in [0.2, 0.25) is 11.8 Å². The first-order valence-electron chi connectivity index (χ1n) is 16.4. The van der Waals surface area contributed by atoms with Gasteiger partial charge in [-0.05, 0) is 78.9 Å². The van der Waals surface area contributed by atoms with Crippen LogP contribution in [0.1, 0.15) is 95.1 Å². The average molecular weight is 644 g/mol. The van der Waals surface area contributed by atoms with Crippen molar-refractivity contribution in [1.29, 1.82) is 0 Å². The van der Waals surface area contributed by atoms with Crippen molar-refractivity contribution in [2.24, 2.45) is 0 Å². The van der Waals surface area contributed by atoms with Gasteiger partial charge in [-0.25, -0.2) is 4.79 Å². The zero-order valence-corrected chi connectivity index (χ0v) is 27.8. The van der Waals surface area contributed by atoms with Crippen molar-refractivity contribution in [3.8, 4) is 0 Å². The normalized spacial score (nSPS) is 29.9. The summed E-state index contributed by atoms with van der Waals surface area (Å²) >= 11 is 7.05. The molecule has 0 spiro atoms. The summed E-state index contributed by atoms with van der Waals surface area (Å²) in [6.07, 6.45) is 4.47. The fourth-order valence-corrected chi connectivity index (χ4v) is 8.04. The van der Waals surface area contributed by atoms with Crippen LogP contribution in [-0.4, -0.2) is 107 Å². The summed E-state index contributed by atoms with van der Waals surface area (Å²) in [5.41, 5.74) is 1.72. The molecular weight excluding hydrogens is 598 g/mol. The summed E-state index contributed by atoms with van der Waals surface area (Å²) in [4.78, 5) is 58.3. The summed E-state index contributed by atoms with van der Waals surface area (Å²) in [6, 6.07) is 3.46. The highest BCUT2D eigenvalue weighted by Crippen LogP contribution is 2.45. The number of nitrogens with one attached hydrogen (secondary N) is 1. The minimum absolute atomic E-state index is 0.188. The van der Waals surface area contributed by atoms with Crippen LogP contribution in [0.3, 0.4) is 0 Å². The molecule has 0 bridgehead atoms. The average Bonchev–Trinajstić information content (AvgIpc) is 3.20. The van der Waals surface area contributed by atoms with E-state index in [0.717, 1.165) is 56.6 Å². The maximum atomic E-state index is 13.4. The summed E-state index contributed by atoms with van der Waals surface area (Å²) < 4.78 is 11.9. The van der Waals surface area contributed by atoms with Gasteiger partial charge in [-0.3, -0.25) is 24.6 Å². The van der Waals surface area contributed by atoms with Crippen molar-refractivity contribution in [3.05, 3.63) is 28.3 Å². The van der Waals surface area contributed by atoms with Crippen LogP contribution in [-0.2, 0) is 19.1 Å². The number of imide groups is 1. The van der Waals surface area contributed by atoms with Crippen molar-refractivity contribution in [3.63, 3.8) is 0 Å². The van der Waals surface area contributed by atoms with Crippen molar-refractivity contribution >= 4 is 41.1 Å². The van der Waals surface area contributed by atoms with Gasteiger partial charge in [0.25, 0.3) is 5.91 Å². The number of rotatable bonds is 5. The number of hydrogen-bond acceptors (Lipinski definition) is 8. The number of carbonyl (C=O) groups is 4. The van der Waals surface area contributed by atoms with E-state index < -0.39 is 17.6 Å². The van der Waals surface area contributed by atoms with Crippen LogP contribution < -0.4 is 10.2 Å². The Hall–Kier alpha value is -2.89. The molecule has 45 heavy (non-hydrogen) atoms. The maximum absolute atomic E-state index is 13.4. The van der Waals surface area contributed by atoms with E-state index in [0.29, 0.717) is 36.1 Å². The van der Waals surface area contributed by atoms with Crippen LogP contribution in [0.4, 0.5) is 10.5 Å². The van der Waals surface area contributed by atoms with Gasteiger partial charge in [0.15, 0.2) is 0 Å². The predicted octanol–water partition coefficient (Wildman–Crippen LogP) is 4.12. The number of ether oxygens (including phenoxy) is 2. The first-order chi connectivity index (χ1) is 21.3. The molecule has 12 heteroatoms. The van der Waals surface area contributed by atoms with Gasteiger partial charge >= 0.3 is 6.09 Å². The lowest BCUT2D eigenvalue weighted by Gasteiger charge is -2.50. The van der Waals surface area contributed by atoms with Gasteiger partial charge in [0, 0.05) is 62.4 Å². The highest BCUT2D eigenvalue weighted by atomic mass is 35.5. The Morgan fingerprint density at radius 3 is 2.33 bits per heavy atom. The van der Waals surface area contributed by atoms with Gasteiger partial charge < -0.3 is 24.2 Å². The predicted molar refractivity (Wildman–Crippen MR) is 169 cm³/mol. The molecule has 1 aromatic carbocycles. The Bertz CT molecular complexity index is 1350. The molecule has 0 radical (unpaired) electrons. The Balaban J connectivity index is 1.00. The van der Waals surface area contributed by atoms with E-state index in [1.165, 1.54) is 0 Å². The number of fused-ring (bicyclic) bond motifs is 1. The number of likely N-dealkylation sites (tertiary alicyclic amines) is 1. The molecule has 11 nitrogen and oxygen atoms in total. The van der Waals surface area contributed by atoms with Crippen molar-refractivity contribution in [1.82, 2.24) is 20.0 Å². The lowest BCUT2D eigenvalue weighted by atomic mass is 9.86. The van der Waals surface area contributed by atoms with Gasteiger partial charge in [0.05, 0.1) is 29.0 Å². The smallest absolute Gasteiger partial charge is 0.410 e. The van der Waals surface area contributed by atoms with E-state index in [1.807, 2.05) is 39.8 Å². The SMILES string of the molecule is C[C@@H]1CN(C2CC(OC3CCN(C(=O)OC(C)(C)C)CC3)C2)CCN1c1ccc2c(c1Cl)[C@@H](C)N(C1CCC(=O)NC1=O)C2=O. The second-order valence-electron chi connectivity index (χ2n) is 14.3. The second kappa shape index (κ2) is 12.4. The van der Waals surface area contributed by atoms with Crippen LogP contribution in [0.15, 0.2) is 12.1 Å². The monoisotopic (exact) mass is 643 g/mol. The molecule has 1 unspecified atom stereocenters. The minimum atomic E-state index is -0.681. The summed E-state index contributed by atoms with van der Waals surface area (Å²) in [6.45, 7) is 13.8. The highest BCUT2D eigenvalue weighted by Gasteiger charge is 2.45. The zero-order chi connectivity index (χ0) is 32.2. The van der Waals surface area contributed by atoms with E-state index in [1.54, 1.807) is 9.80 Å². The molecule has 4 amide bonds. The molecule has 1 saturated carbocycles. The second-order valence-corrected chi connectivity index (χ2v) is 14.7. The minimum Gasteiger partial charge on any atom is -0.444 e. The summed E-state index contributed by atoms with van der Waals surface area (Å²) in [5, 5.41) is 2.94.